The Morgan fingerprint density at radius 3 is 2.52 bits per heavy atom. The lowest BCUT2D eigenvalue weighted by Gasteiger charge is -2.41. The average Bonchev–Trinajstić information content (AvgIpc) is 3.48. The molecule has 5 heterocycles. The number of pyridine rings is 1. The number of nitrogens with one attached hydrogen (secondary N) is 1. The van der Waals surface area contributed by atoms with E-state index in [9.17, 15) is 0 Å². The lowest BCUT2D eigenvalue weighted by atomic mass is 9.88. The number of benzene rings is 1. The van der Waals surface area contributed by atoms with Crippen LogP contribution in [0.4, 0.5) is 0 Å². The Morgan fingerprint density at radius 2 is 1.73 bits per heavy atom. The van der Waals surface area contributed by atoms with Gasteiger partial charge in [0.2, 0.25) is 0 Å². The van der Waals surface area contributed by atoms with Crippen LogP contribution >= 0.6 is 0 Å². The number of hydrazine groups is 1. The normalized spacial score (nSPS) is 19.2. The van der Waals surface area contributed by atoms with Crippen molar-refractivity contribution in [3.8, 4) is 11.3 Å². The molecule has 0 radical (unpaired) electrons. The number of H-pyrrole nitrogens is 1. The van der Waals surface area contributed by atoms with E-state index in [0.717, 1.165) is 5.65 Å². The molecule has 0 spiro atoms. The SMILES string of the molecule is CC(C)c1c(-c2ccc3nccn3c2)[nH]c2ccc(C3CCN(N4CCCCC4)CC3)cc12. The van der Waals surface area contributed by atoms with E-state index in [1.165, 1.54) is 91.6 Å². The highest BCUT2D eigenvalue weighted by atomic mass is 15.6. The van der Waals surface area contributed by atoms with Gasteiger partial charge in [0.1, 0.15) is 5.65 Å². The second-order valence-electron chi connectivity index (χ2n) is 10.2. The zero-order chi connectivity index (χ0) is 22.4. The Balaban J connectivity index is 1.30. The molecule has 1 N–H and O–H groups in total. The van der Waals surface area contributed by atoms with Crippen LogP contribution in [0, 0.1) is 0 Å². The van der Waals surface area contributed by atoms with Crippen molar-refractivity contribution in [1.82, 2.24) is 24.4 Å². The molecule has 2 aliphatic rings. The Hall–Kier alpha value is -2.63. The zero-order valence-corrected chi connectivity index (χ0v) is 19.9. The van der Waals surface area contributed by atoms with Crippen molar-refractivity contribution in [3.05, 3.63) is 60.0 Å². The highest BCUT2D eigenvalue weighted by molar-refractivity contribution is 5.92. The molecule has 1 aromatic carbocycles. The number of aromatic nitrogens is 3. The Morgan fingerprint density at radius 1 is 0.939 bits per heavy atom. The quantitative estimate of drug-likeness (QED) is 0.411. The van der Waals surface area contributed by atoms with Crippen LogP contribution in [-0.2, 0) is 0 Å². The third kappa shape index (κ3) is 3.87. The van der Waals surface area contributed by atoms with Gasteiger partial charge in [0.25, 0.3) is 0 Å². The maximum absolute atomic E-state index is 4.40. The maximum atomic E-state index is 4.40. The number of imidazole rings is 1. The van der Waals surface area contributed by atoms with Crippen LogP contribution in [0.2, 0.25) is 0 Å². The number of hydrogen-bond donors (Lipinski definition) is 1. The van der Waals surface area contributed by atoms with Crippen LogP contribution in [0.3, 0.4) is 0 Å². The molecular formula is C28H35N5. The summed E-state index contributed by atoms with van der Waals surface area (Å²) in [6, 6.07) is 11.5. The first-order chi connectivity index (χ1) is 16.2. The number of aromatic amines is 1. The van der Waals surface area contributed by atoms with Gasteiger partial charge < -0.3 is 9.38 Å². The first-order valence-electron chi connectivity index (χ1n) is 12.8. The van der Waals surface area contributed by atoms with Crippen molar-refractivity contribution in [1.29, 1.82) is 0 Å². The van der Waals surface area contributed by atoms with Gasteiger partial charge in [-0.25, -0.2) is 15.0 Å². The molecule has 0 saturated carbocycles. The molecule has 0 unspecified atom stereocenters. The minimum atomic E-state index is 0.448. The molecule has 4 aromatic rings. The van der Waals surface area contributed by atoms with Crippen molar-refractivity contribution in [2.45, 2.75) is 57.8 Å². The van der Waals surface area contributed by atoms with Crippen molar-refractivity contribution in [2.75, 3.05) is 26.2 Å². The summed E-state index contributed by atoms with van der Waals surface area (Å²) < 4.78 is 2.10. The molecular weight excluding hydrogens is 406 g/mol. The molecule has 6 rings (SSSR count). The van der Waals surface area contributed by atoms with Gasteiger partial charge in [-0.05, 0) is 72.9 Å². The largest absolute Gasteiger partial charge is 0.354 e. The van der Waals surface area contributed by atoms with E-state index in [0.29, 0.717) is 11.8 Å². The summed E-state index contributed by atoms with van der Waals surface area (Å²) in [5, 5.41) is 6.64. The highest BCUT2D eigenvalue weighted by Gasteiger charge is 2.26. The predicted molar refractivity (Wildman–Crippen MR) is 136 cm³/mol. The van der Waals surface area contributed by atoms with Gasteiger partial charge in [0, 0.05) is 61.2 Å². The first-order valence-corrected chi connectivity index (χ1v) is 12.8. The van der Waals surface area contributed by atoms with E-state index in [1.807, 2.05) is 12.4 Å². The summed E-state index contributed by atoms with van der Waals surface area (Å²) in [6.45, 7) is 9.53. The first kappa shape index (κ1) is 20.9. The van der Waals surface area contributed by atoms with Gasteiger partial charge in [-0.15, -0.1) is 0 Å². The maximum Gasteiger partial charge on any atom is 0.136 e. The van der Waals surface area contributed by atoms with Gasteiger partial charge in [0.05, 0.1) is 5.69 Å². The van der Waals surface area contributed by atoms with Crippen LogP contribution in [0.15, 0.2) is 48.9 Å². The molecule has 2 saturated heterocycles. The molecule has 5 heteroatoms. The van der Waals surface area contributed by atoms with Crippen molar-refractivity contribution < 1.29 is 0 Å². The van der Waals surface area contributed by atoms with E-state index in [2.05, 4.69) is 74.8 Å². The number of nitrogens with zero attached hydrogens (tertiary/aromatic N) is 4. The molecule has 5 nitrogen and oxygen atoms in total. The Bertz CT molecular complexity index is 1250. The number of piperidine rings is 2. The summed E-state index contributed by atoms with van der Waals surface area (Å²) in [7, 11) is 0. The van der Waals surface area contributed by atoms with Crippen LogP contribution < -0.4 is 0 Å². The molecule has 33 heavy (non-hydrogen) atoms. The van der Waals surface area contributed by atoms with Gasteiger partial charge in [0.15, 0.2) is 0 Å². The summed E-state index contributed by atoms with van der Waals surface area (Å²) >= 11 is 0. The van der Waals surface area contributed by atoms with E-state index in [1.54, 1.807) is 0 Å². The molecule has 3 aromatic heterocycles. The fourth-order valence-electron chi connectivity index (χ4n) is 6.02. The summed E-state index contributed by atoms with van der Waals surface area (Å²) in [6.07, 6.45) is 12.7. The molecule has 0 aliphatic carbocycles. The molecule has 2 fully saturated rings. The van der Waals surface area contributed by atoms with Crippen LogP contribution in [-0.4, -0.2) is 50.6 Å². The van der Waals surface area contributed by atoms with E-state index in [4.69, 9.17) is 0 Å². The number of fused-ring (bicyclic) bond motifs is 2. The van der Waals surface area contributed by atoms with Crippen molar-refractivity contribution in [2.24, 2.45) is 0 Å². The standard InChI is InChI=1S/C28H35N5/c1-20(2)27-24-18-22(21-10-15-33(16-11-21)32-13-4-3-5-14-32)6-8-25(24)30-28(27)23-7-9-26-29-12-17-31(26)19-23/h6-9,12,17-21,30H,3-5,10-11,13-16H2,1-2H3. The van der Waals surface area contributed by atoms with Crippen LogP contribution in [0.5, 0.6) is 0 Å². The van der Waals surface area contributed by atoms with Crippen LogP contribution in [0.25, 0.3) is 27.8 Å². The monoisotopic (exact) mass is 441 g/mol. The molecule has 0 amide bonds. The van der Waals surface area contributed by atoms with Gasteiger partial charge in [-0.2, -0.15) is 0 Å². The fourth-order valence-corrected chi connectivity index (χ4v) is 6.02. The third-order valence-electron chi connectivity index (χ3n) is 7.79. The summed E-state index contributed by atoms with van der Waals surface area (Å²) in [5.41, 5.74) is 7.63. The predicted octanol–water partition coefficient (Wildman–Crippen LogP) is 6.19. The molecule has 0 bridgehead atoms. The minimum absolute atomic E-state index is 0.448. The number of rotatable bonds is 4. The summed E-state index contributed by atoms with van der Waals surface area (Å²) in [4.78, 5) is 8.15. The van der Waals surface area contributed by atoms with E-state index in [-0.39, 0.29) is 0 Å². The van der Waals surface area contributed by atoms with Gasteiger partial charge in [-0.3, -0.25) is 0 Å². The Labute approximate surface area is 196 Å². The molecule has 0 atom stereocenters. The second kappa shape index (κ2) is 8.62. The topological polar surface area (TPSA) is 39.6 Å². The summed E-state index contributed by atoms with van der Waals surface area (Å²) in [5.74, 6) is 1.11. The fraction of sp³-hybridized carbons (Fsp3) is 0.464. The third-order valence-corrected chi connectivity index (χ3v) is 7.79. The minimum Gasteiger partial charge on any atom is -0.354 e. The average molecular weight is 442 g/mol. The molecule has 172 valence electrons. The highest BCUT2D eigenvalue weighted by Crippen LogP contribution is 2.38. The lowest BCUT2D eigenvalue weighted by Crippen LogP contribution is -2.48. The van der Waals surface area contributed by atoms with Crippen molar-refractivity contribution >= 4 is 16.6 Å². The smallest absolute Gasteiger partial charge is 0.136 e. The Kier molecular flexibility index (Phi) is 5.47. The van der Waals surface area contributed by atoms with Crippen LogP contribution in [0.1, 0.15) is 68.9 Å². The van der Waals surface area contributed by atoms with Gasteiger partial charge in [-0.1, -0.05) is 26.3 Å². The van der Waals surface area contributed by atoms with Crippen molar-refractivity contribution in [3.63, 3.8) is 0 Å². The van der Waals surface area contributed by atoms with E-state index < -0.39 is 0 Å². The van der Waals surface area contributed by atoms with Gasteiger partial charge >= 0.3 is 0 Å². The number of hydrogen-bond acceptors (Lipinski definition) is 3. The zero-order valence-electron chi connectivity index (χ0n) is 19.9. The lowest BCUT2D eigenvalue weighted by molar-refractivity contribution is -0.0552. The molecule has 2 aliphatic heterocycles. The second-order valence-corrected chi connectivity index (χ2v) is 10.2. The van der Waals surface area contributed by atoms with E-state index >= 15 is 0 Å².